The molecule has 0 spiro atoms. The van der Waals surface area contributed by atoms with Crippen LogP contribution in [0.5, 0.6) is 0 Å². The third kappa shape index (κ3) is 6.17. The number of carbonyl (C=O) groups is 1. The Labute approximate surface area is 125 Å². The van der Waals surface area contributed by atoms with E-state index in [1.807, 2.05) is 6.92 Å². The number of nitrogens with zero attached hydrogens (tertiary/aromatic N) is 1. The van der Waals surface area contributed by atoms with Gasteiger partial charge in [-0.2, -0.15) is 0 Å². The molecule has 5 heteroatoms. The smallest absolute Gasteiger partial charge is 0.246 e. The topological polar surface area (TPSA) is 65.5 Å². The molecule has 108 valence electrons. The van der Waals surface area contributed by atoms with Gasteiger partial charge >= 0.3 is 0 Å². The van der Waals surface area contributed by atoms with E-state index in [0.717, 1.165) is 0 Å². The molecule has 21 heavy (non-hydrogen) atoms. The molecule has 0 aliphatic heterocycles. The molecule has 1 amide bonds. The van der Waals surface area contributed by atoms with Crippen molar-refractivity contribution in [2.45, 2.75) is 6.92 Å². The Hall–Kier alpha value is -2.92. The molecule has 0 atom stereocenters. The highest BCUT2D eigenvalue weighted by atomic mass is 16.1. The molecule has 0 fully saturated rings. The first-order valence-corrected chi connectivity index (χ1v) is 6.51. The second-order valence-electron chi connectivity index (χ2n) is 4.03. The van der Waals surface area contributed by atoms with Gasteiger partial charge in [0.05, 0.1) is 6.54 Å². The zero-order valence-corrected chi connectivity index (χ0v) is 11.9. The van der Waals surface area contributed by atoms with Gasteiger partial charge in [-0.05, 0) is 25.1 Å². The highest BCUT2D eigenvalue weighted by Crippen LogP contribution is 2.09. The second kappa shape index (κ2) is 9.06. The number of hydrogen-bond donors (Lipinski definition) is 3. The molecule has 1 aromatic rings. The predicted octanol–water partition coefficient (Wildman–Crippen LogP) is 0.795. The van der Waals surface area contributed by atoms with E-state index in [-0.39, 0.29) is 12.5 Å². The molecule has 0 radical (unpaired) electrons. The molecular formula is C16H18N4O. The summed E-state index contributed by atoms with van der Waals surface area (Å²) in [7, 11) is 0. The molecule has 0 aliphatic carbocycles. The van der Waals surface area contributed by atoms with Crippen LogP contribution in [0.2, 0.25) is 0 Å². The Balaban J connectivity index is 2.59. The average Bonchev–Trinajstić information content (AvgIpc) is 2.50. The van der Waals surface area contributed by atoms with Gasteiger partial charge in [-0.25, -0.2) is 4.99 Å². The summed E-state index contributed by atoms with van der Waals surface area (Å²) in [5, 5.41) is 8.63. The van der Waals surface area contributed by atoms with E-state index in [9.17, 15) is 4.79 Å². The summed E-state index contributed by atoms with van der Waals surface area (Å²) in [6.07, 6.45) is 10.5. The molecule has 3 N–H and O–H groups in total. The van der Waals surface area contributed by atoms with Gasteiger partial charge in [-0.15, -0.1) is 12.8 Å². The van der Waals surface area contributed by atoms with Gasteiger partial charge in [-0.3, -0.25) is 4.79 Å². The first kappa shape index (κ1) is 16.1. The lowest BCUT2D eigenvalue weighted by Gasteiger charge is -2.09. The van der Waals surface area contributed by atoms with E-state index in [1.54, 1.807) is 24.3 Å². The molecular weight excluding hydrogens is 264 g/mol. The van der Waals surface area contributed by atoms with Gasteiger partial charge in [0.1, 0.15) is 6.54 Å². The first-order valence-electron chi connectivity index (χ1n) is 6.51. The molecule has 1 rings (SSSR count). The number of rotatable bonds is 5. The van der Waals surface area contributed by atoms with Gasteiger partial charge in [0, 0.05) is 17.8 Å². The van der Waals surface area contributed by atoms with E-state index in [1.165, 1.54) is 0 Å². The molecule has 0 unspecified atom stereocenters. The molecule has 5 nitrogen and oxygen atoms in total. The van der Waals surface area contributed by atoms with Crippen molar-refractivity contribution in [3.8, 4) is 24.7 Å². The minimum absolute atomic E-state index is 0.0137. The lowest BCUT2D eigenvalue weighted by molar-refractivity contribution is -0.114. The van der Waals surface area contributed by atoms with Gasteiger partial charge in [0.2, 0.25) is 5.91 Å². The number of amides is 1. The zero-order chi connectivity index (χ0) is 15.5. The average molecular weight is 282 g/mol. The van der Waals surface area contributed by atoms with Crippen LogP contribution in [0.15, 0.2) is 29.3 Å². The van der Waals surface area contributed by atoms with Crippen molar-refractivity contribution in [2.75, 3.05) is 25.0 Å². The van der Waals surface area contributed by atoms with E-state index in [2.05, 4.69) is 32.8 Å². The maximum absolute atomic E-state index is 11.8. The van der Waals surface area contributed by atoms with Crippen molar-refractivity contribution in [3.63, 3.8) is 0 Å². The number of aliphatic imine (C=N–C) groups is 1. The van der Waals surface area contributed by atoms with Crippen molar-refractivity contribution in [1.29, 1.82) is 0 Å². The third-order valence-electron chi connectivity index (χ3n) is 2.40. The maximum atomic E-state index is 11.8. The fraction of sp³-hybridized carbons (Fsp3) is 0.250. The van der Waals surface area contributed by atoms with Crippen LogP contribution in [0.1, 0.15) is 12.5 Å². The van der Waals surface area contributed by atoms with Crippen LogP contribution in [-0.4, -0.2) is 31.5 Å². The van der Waals surface area contributed by atoms with Gasteiger partial charge < -0.3 is 16.0 Å². The number of carbonyl (C=O) groups excluding carboxylic acids is 1. The summed E-state index contributed by atoms with van der Waals surface area (Å²) in [5.41, 5.74) is 1.35. The summed E-state index contributed by atoms with van der Waals surface area (Å²) in [6, 6.07) is 7.07. The summed E-state index contributed by atoms with van der Waals surface area (Å²) in [6.45, 7) is 2.94. The molecule has 0 saturated heterocycles. The second-order valence-corrected chi connectivity index (χ2v) is 4.03. The SMILES string of the molecule is C#CCNC(=NCC(=O)Nc1cccc(C#C)c1)NCC. The van der Waals surface area contributed by atoms with Crippen LogP contribution in [0, 0.1) is 24.7 Å². The Bertz CT molecular complexity index is 593. The third-order valence-corrected chi connectivity index (χ3v) is 2.40. The molecule has 0 bridgehead atoms. The lowest BCUT2D eigenvalue weighted by Crippen LogP contribution is -2.38. The van der Waals surface area contributed by atoms with Gasteiger partial charge in [0.15, 0.2) is 5.96 Å². The fourth-order valence-corrected chi connectivity index (χ4v) is 1.51. The Morgan fingerprint density at radius 3 is 2.81 bits per heavy atom. The lowest BCUT2D eigenvalue weighted by atomic mass is 10.2. The minimum atomic E-state index is -0.234. The van der Waals surface area contributed by atoms with Crippen LogP contribution in [0.3, 0.4) is 0 Å². The molecule has 0 aromatic heterocycles. The highest BCUT2D eigenvalue weighted by molar-refractivity contribution is 5.94. The van der Waals surface area contributed by atoms with Crippen molar-refractivity contribution in [1.82, 2.24) is 10.6 Å². The van der Waals surface area contributed by atoms with Crippen molar-refractivity contribution in [3.05, 3.63) is 29.8 Å². The Kier molecular flexibility index (Phi) is 6.96. The maximum Gasteiger partial charge on any atom is 0.246 e. The van der Waals surface area contributed by atoms with E-state index in [0.29, 0.717) is 30.3 Å². The Morgan fingerprint density at radius 1 is 1.33 bits per heavy atom. The van der Waals surface area contributed by atoms with E-state index < -0.39 is 0 Å². The zero-order valence-electron chi connectivity index (χ0n) is 11.9. The first-order chi connectivity index (χ1) is 10.2. The number of terminal acetylenes is 2. The number of guanidine groups is 1. The van der Waals surface area contributed by atoms with Crippen molar-refractivity contribution >= 4 is 17.6 Å². The number of benzene rings is 1. The summed E-state index contributed by atoms with van der Waals surface area (Å²) >= 11 is 0. The molecule has 0 heterocycles. The van der Waals surface area contributed by atoms with Crippen LogP contribution in [0.4, 0.5) is 5.69 Å². The van der Waals surface area contributed by atoms with Gasteiger partial charge in [0.25, 0.3) is 0 Å². The summed E-state index contributed by atoms with van der Waals surface area (Å²) in [4.78, 5) is 16.0. The van der Waals surface area contributed by atoms with Crippen LogP contribution < -0.4 is 16.0 Å². The monoisotopic (exact) mass is 282 g/mol. The normalized spacial score (nSPS) is 10.1. The van der Waals surface area contributed by atoms with Crippen LogP contribution >= 0.6 is 0 Å². The number of nitrogens with one attached hydrogen (secondary N) is 3. The molecule has 0 saturated carbocycles. The predicted molar refractivity (Wildman–Crippen MR) is 85.8 cm³/mol. The Morgan fingerprint density at radius 2 is 2.14 bits per heavy atom. The van der Waals surface area contributed by atoms with Crippen molar-refractivity contribution < 1.29 is 4.79 Å². The quantitative estimate of drug-likeness (QED) is 0.425. The molecule has 0 aliphatic rings. The highest BCUT2D eigenvalue weighted by Gasteiger charge is 2.03. The number of anilines is 1. The van der Waals surface area contributed by atoms with Crippen LogP contribution in [-0.2, 0) is 4.79 Å². The standard InChI is InChI=1S/C16H18N4O/c1-4-10-18-16(17-6-3)19-12-15(21)20-14-9-7-8-13(5-2)11-14/h1-2,7-9,11H,6,10,12H2,3H3,(H,20,21)(H2,17,18,19). The fourth-order valence-electron chi connectivity index (χ4n) is 1.51. The van der Waals surface area contributed by atoms with Crippen LogP contribution in [0.25, 0.3) is 0 Å². The largest absolute Gasteiger partial charge is 0.357 e. The summed E-state index contributed by atoms with van der Waals surface area (Å²) in [5.74, 6) is 5.23. The summed E-state index contributed by atoms with van der Waals surface area (Å²) < 4.78 is 0. The van der Waals surface area contributed by atoms with E-state index in [4.69, 9.17) is 12.8 Å². The molecule has 1 aromatic carbocycles. The number of hydrogen-bond acceptors (Lipinski definition) is 2. The minimum Gasteiger partial charge on any atom is -0.357 e. The van der Waals surface area contributed by atoms with E-state index >= 15 is 0 Å². The van der Waals surface area contributed by atoms with Crippen molar-refractivity contribution in [2.24, 2.45) is 4.99 Å². The van der Waals surface area contributed by atoms with Gasteiger partial charge in [-0.1, -0.05) is 17.9 Å².